The third kappa shape index (κ3) is 2.90. The zero-order valence-corrected chi connectivity index (χ0v) is 9.58. The molecule has 2 rings (SSSR count). The van der Waals surface area contributed by atoms with E-state index >= 15 is 0 Å². The largest absolute Gasteiger partial charge is 0.416 e. The number of pyridine rings is 1. The van der Waals surface area contributed by atoms with E-state index in [9.17, 15) is 17.6 Å². The number of hydrogen-bond acceptors (Lipinski definition) is 2. The van der Waals surface area contributed by atoms with Crippen LogP contribution in [-0.2, 0) is 12.8 Å². The minimum Gasteiger partial charge on any atom is -0.392 e. The molecule has 2 aromatic rings. The molecule has 2 nitrogen and oxygen atoms in total. The summed E-state index contributed by atoms with van der Waals surface area (Å²) in [5, 5.41) is 8.92. The summed E-state index contributed by atoms with van der Waals surface area (Å²) in [5.74, 6) is -0.654. The fourth-order valence-electron chi connectivity index (χ4n) is 1.59. The Morgan fingerprint density at radius 2 is 1.74 bits per heavy atom. The summed E-state index contributed by atoms with van der Waals surface area (Å²) in [5.41, 5.74) is 0.00696. The predicted molar refractivity (Wildman–Crippen MR) is 60.6 cm³/mol. The van der Waals surface area contributed by atoms with Crippen molar-refractivity contribution in [1.82, 2.24) is 4.98 Å². The van der Waals surface area contributed by atoms with Crippen molar-refractivity contribution >= 4 is 0 Å². The minimum atomic E-state index is -4.40. The van der Waals surface area contributed by atoms with Gasteiger partial charge in [0, 0.05) is 11.1 Å². The van der Waals surface area contributed by atoms with Gasteiger partial charge >= 0.3 is 6.18 Å². The molecule has 0 aliphatic carbocycles. The van der Waals surface area contributed by atoms with Gasteiger partial charge in [0.25, 0.3) is 0 Å². The standard InChI is InChI=1S/C13H9F4NO/c14-11-6-18-12(5-9(11)7-19)8-1-3-10(4-2-8)13(15,16)17/h1-6,19H,7H2. The van der Waals surface area contributed by atoms with Crippen LogP contribution in [0, 0.1) is 5.82 Å². The van der Waals surface area contributed by atoms with Crippen LogP contribution in [-0.4, -0.2) is 10.1 Å². The molecule has 1 heterocycles. The number of aliphatic hydroxyl groups is 1. The number of aromatic nitrogens is 1. The molecule has 0 atom stereocenters. The third-order valence-electron chi connectivity index (χ3n) is 2.61. The number of aliphatic hydroxyl groups excluding tert-OH is 1. The maximum atomic E-state index is 13.1. The smallest absolute Gasteiger partial charge is 0.392 e. The summed E-state index contributed by atoms with van der Waals surface area (Å²) in [6.45, 7) is -0.498. The van der Waals surface area contributed by atoms with Crippen LogP contribution in [0.25, 0.3) is 11.3 Å². The van der Waals surface area contributed by atoms with Gasteiger partial charge < -0.3 is 5.11 Å². The molecular formula is C13H9F4NO. The van der Waals surface area contributed by atoms with Crippen LogP contribution in [0.15, 0.2) is 36.5 Å². The second-order valence-corrected chi connectivity index (χ2v) is 3.89. The quantitative estimate of drug-likeness (QED) is 0.849. The molecule has 100 valence electrons. The van der Waals surface area contributed by atoms with E-state index in [4.69, 9.17) is 5.11 Å². The molecule has 6 heteroatoms. The molecule has 0 spiro atoms. The Morgan fingerprint density at radius 3 is 2.26 bits per heavy atom. The topological polar surface area (TPSA) is 33.1 Å². The van der Waals surface area contributed by atoms with Crippen LogP contribution >= 0.6 is 0 Å². The number of alkyl halides is 3. The van der Waals surface area contributed by atoms with Gasteiger partial charge in [-0.05, 0) is 18.2 Å². The first kappa shape index (κ1) is 13.5. The predicted octanol–water partition coefficient (Wildman–Crippen LogP) is 3.40. The van der Waals surface area contributed by atoms with Gasteiger partial charge in [-0.1, -0.05) is 12.1 Å². The second kappa shape index (κ2) is 4.97. The van der Waals surface area contributed by atoms with E-state index in [1.165, 1.54) is 18.2 Å². The van der Waals surface area contributed by atoms with Crippen molar-refractivity contribution < 1.29 is 22.7 Å². The maximum absolute atomic E-state index is 13.1. The molecule has 0 bridgehead atoms. The minimum absolute atomic E-state index is 0.0462. The van der Waals surface area contributed by atoms with Crippen molar-refractivity contribution in [2.45, 2.75) is 12.8 Å². The number of hydrogen-bond donors (Lipinski definition) is 1. The normalized spacial score (nSPS) is 11.6. The summed E-state index contributed by atoms with van der Waals surface area (Å²) in [6.07, 6.45) is -3.47. The van der Waals surface area contributed by atoms with Gasteiger partial charge in [-0.25, -0.2) is 4.39 Å². The SMILES string of the molecule is OCc1cc(-c2ccc(C(F)(F)F)cc2)ncc1F. The molecule has 1 N–H and O–H groups in total. The molecule has 0 fully saturated rings. The summed E-state index contributed by atoms with van der Waals surface area (Å²) in [4.78, 5) is 3.78. The van der Waals surface area contributed by atoms with E-state index in [1.54, 1.807) is 0 Å². The van der Waals surface area contributed by atoms with Crippen molar-refractivity contribution in [2.75, 3.05) is 0 Å². The number of halogens is 4. The fraction of sp³-hybridized carbons (Fsp3) is 0.154. The van der Waals surface area contributed by atoms with Gasteiger partial charge in [0.2, 0.25) is 0 Å². The van der Waals surface area contributed by atoms with Crippen LogP contribution in [0.3, 0.4) is 0 Å². The maximum Gasteiger partial charge on any atom is 0.416 e. The van der Waals surface area contributed by atoms with Crippen molar-refractivity contribution in [3.63, 3.8) is 0 Å². The monoisotopic (exact) mass is 271 g/mol. The van der Waals surface area contributed by atoms with E-state index < -0.39 is 24.2 Å². The summed E-state index contributed by atoms with van der Waals surface area (Å²) >= 11 is 0. The van der Waals surface area contributed by atoms with Gasteiger partial charge in [-0.3, -0.25) is 4.98 Å². The van der Waals surface area contributed by atoms with Crippen LogP contribution in [0.4, 0.5) is 17.6 Å². The van der Waals surface area contributed by atoms with Gasteiger partial charge in [-0.15, -0.1) is 0 Å². The molecule has 0 radical (unpaired) electrons. The van der Waals surface area contributed by atoms with Crippen LogP contribution in [0.5, 0.6) is 0 Å². The average Bonchev–Trinajstić information content (AvgIpc) is 2.38. The Bertz CT molecular complexity index is 578. The zero-order valence-electron chi connectivity index (χ0n) is 9.58. The van der Waals surface area contributed by atoms with E-state index in [2.05, 4.69) is 4.98 Å². The van der Waals surface area contributed by atoms with Gasteiger partial charge in [-0.2, -0.15) is 13.2 Å². The molecule has 1 aromatic heterocycles. The highest BCUT2D eigenvalue weighted by atomic mass is 19.4. The Hall–Kier alpha value is -1.95. The Morgan fingerprint density at radius 1 is 1.11 bits per heavy atom. The summed E-state index contributed by atoms with van der Waals surface area (Å²) in [7, 11) is 0. The lowest BCUT2D eigenvalue weighted by Gasteiger charge is -2.08. The lowest BCUT2D eigenvalue weighted by atomic mass is 10.1. The van der Waals surface area contributed by atoms with E-state index in [1.807, 2.05) is 0 Å². The highest BCUT2D eigenvalue weighted by Gasteiger charge is 2.30. The molecule has 0 aliphatic heterocycles. The Labute approximate surface area is 106 Å². The van der Waals surface area contributed by atoms with Gasteiger partial charge in [0.15, 0.2) is 0 Å². The first-order valence-corrected chi connectivity index (χ1v) is 5.34. The van der Waals surface area contributed by atoms with Crippen LogP contribution in [0.2, 0.25) is 0 Å². The van der Waals surface area contributed by atoms with E-state index in [-0.39, 0.29) is 5.56 Å². The number of rotatable bonds is 2. The first-order chi connectivity index (χ1) is 8.91. The molecule has 1 aromatic carbocycles. The number of benzene rings is 1. The van der Waals surface area contributed by atoms with Gasteiger partial charge in [0.1, 0.15) is 5.82 Å². The van der Waals surface area contributed by atoms with Crippen molar-refractivity contribution in [1.29, 1.82) is 0 Å². The zero-order chi connectivity index (χ0) is 14.0. The molecular weight excluding hydrogens is 262 g/mol. The third-order valence-corrected chi connectivity index (χ3v) is 2.61. The Kier molecular flexibility index (Phi) is 3.53. The van der Waals surface area contributed by atoms with E-state index in [0.29, 0.717) is 11.3 Å². The highest BCUT2D eigenvalue weighted by molar-refractivity contribution is 5.60. The summed E-state index contributed by atoms with van der Waals surface area (Å²) < 4.78 is 50.3. The van der Waals surface area contributed by atoms with Crippen molar-refractivity contribution in [3.05, 3.63) is 53.5 Å². The molecule has 0 unspecified atom stereocenters. The lowest BCUT2D eigenvalue weighted by molar-refractivity contribution is -0.137. The second-order valence-electron chi connectivity index (χ2n) is 3.89. The first-order valence-electron chi connectivity index (χ1n) is 5.34. The molecule has 0 saturated carbocycles. The fourth-order valence-corrected chi connectivity index (χ4v) is 1.59. The van der Waals surface area contributed by atoms with Crippen LogP contribution < -0.4 is 0 Å². The molecule has 0 amide bonds. The van der Waals surface area contributed by atoms with Crippen LogP contribution in [0.1, 0.15) is 11.1 Å². The van der Waals surface area contributed by atoms with E-state index in [0.717, 1.165) is 18.3 Å². The van der Waals surface area contributed by atoms with Crippen molar-refractivity contribution in [2.24, 2.45) is 0 Å². The Balaban J connectivity index is 2.37. The average molecular weight is 271 g/mol. The lowest BCUT2D eigenvalue weighted by Crippen LogP contribution is -2.04. The van der Waals surface area contributed by atoms with Gasteiger partial charge in [0.05, 0.1) is 24.1 Å². The highest BCUT2D eigenvalue weighted by Crippen LogP contribution is 2.30. The van der Waals surface area contributed by atoms with Crippen molar-refractivity contribution in [3.8, 4) is 11.3 Å². The molecule has 19 heavy (non-hydrogen) atoms. The molecule has 0 aliphatic rings. The molecule has 0 saturated heterocycles. The number of nitrogens with zero attached hydrogens (tertiary/aromatic N) is 1. The summed E-state index contributed by atoms with van der Waals surface area (Å²) in [6, 6.07) is 5.67.